The van der Waals surface area contributed by atoms with Gasteiger partial charge in [-0.25, -0.2) is 15.0 Å². The summed E-state index contributed by atoms with van der Waals surface area (Å²) in [6.45, 7) is 5.49. The van der Waals surface area contributed by atoms with Gasteiger partial charge in [0.1, 0.15) is 11.6 Å². The third-order valence-electron chi connectivity index (χ3n) is 5.22. The number of fused-ring (bicyclic) bond motifs is 1. The number of ether oxygens (including phenoxy) is 1. The summed E-state index contributed by atoms with van der Waals surface area (Å²) in [5, 5.41) is 4.39. The number of hydrogen-bond acceptors (Lipinski definition) is 7. The number of rotatable bonds is 6. The van der Waals surface area contributed by atoms with Gasteiger partial charge in [0, 0.05) is 62.6 Å². The summed E-state index contributed by atoms with van der Waals surface area (Å²) >= 11 is 0. The summed E-state index contributed by atoms with van der Waals surface area (Å²) in [7, 11) is 1.69. The molecule has 0 amide bonds. The van der Waals surface area contributed by atoms with Crippen molar-refractivity contribution >= 4 is 11.5 Å². The van der Waals surface area contributed by atoms with Gasteiger partial charge in [-0.15, -0.1) is 0 Å². The lowest BCUT2D eigenvalue weighted by atomic mass is 9.94. The molecular weight excluding hydrogens is 354 g/mol. The molecule has 1 aliphatic heterocycles. The van der Waals surface area contributed by atoms with Gasteiger partial charge in [0.25, 0.3) is 0 Å². The van der Waals surface area contributed by atoms with E-state index in [-0.39, 0.29) is 0 Å². The van der Waals surface area contributed by atoms with Crippen molar-refractivity contribution in [3.63, 3.8) is 0 Å². The molecule has 1 fully saturated rings. The van der Waals surface area contributed by atoms with Crippen LogP contribution in [0.4, 0.5) is 5.82 Å². The third kappa shape index (κ3) is 4.13. The molecule has 4 heterocycles. The Morgan fingerprint density at radius 2 is 2.07 bits per heavy atom. The molecule has 0 aromatic carbocycles. The molecule has 2 N–H and O–H groups in total. The van der Waals surface area contributed by atoms with E-state index in [1.54, 1.807) is 11.6 Å². The monoisotopic (exact) mass is 381 g/mol. The van der Waals surface area contributed by atoms with Gasteiger partial charge in [-0.1, -0.05) is 0 Å². The molecule has 0 saturated carbocycles. The Morgan fingerprint density at radius 1 is 1.25 bits per heavy atom. The molecule has 0 bridgehead atoms. The molecule has 1 unspecified atom stereocenters. The summed E-state index contributed by atoms with van der Waals surface area (Å²) in [6, 6.07) is 3.95. The minimum absolute atomic E-state index is 0.373. The predicted molar refractivity (Wildman–Crippen MR) is 107 cm³/mol. The molecule has 8 heteroatoms. The van der Waals surface area contributed by atoms with E-state index in [0.29, 0.717) is 18.3 Å². The Hall–Kier alpha value is -2.58. The van der Waals surface area contributed by atoms with Crippen molar-refractivity contribution in [1.29, 1.82) is 0 Å². The standard InChI is InChI=1S/C20H27N7O/c1-14-8-20-24-17(9-18(21)27(20)25-14)16-4-3-6-26(13-16)12-15-10-22-19(23-11-15)5-7-28-2/h8-11,16H,3-7,12-13,21H2,1-2H3. The fourth-order valence-corrected chi connectivity index (χ4v) is 3.83. The quantitative estimate of drug-likeness (QED) is 0.697. The largest absolute Gasteiger partial charge is 0.384 e. The highest BCUT2D eigenvalue weighted by atomic mass is 16.5. The fraction of sp³-hybridized carbons (Fsp3) is 0.500. The SMILES string of the molecule is COCCc1ncc(CN2CCCC(c3cc(N)n4nc(C)cc4n3)C2)cn1. The first-order valence-corrected chi connectivity index (χ1v) is 9.76. The number of aryl methyl sites for hydroxylation is 1. The molecule has 1 atom stereocenters. The minimum atomic E-state index is 0.373. The van der Waals surface area contributed by atoms with Crippen LogP contribution in [0.15, 0.2) is 24.5 Å². The van der Waals surface area contributed by atoms with Gasteiger partial charge < -0.3 is 10.5 Å². The van der Waals surface area contributed by atoms with E-state index in [2.05, 4.69) is 20.0 Å². The molecule has 3 aromatic rings. The molecule has 1 aliphatic rings. The van der Waals surface area contributed by atoms with Gasteiger partial charge in [-0.05, 0) is 26.3 Å². The maximum absolute atomic E-state index is 6.21. The second-order valence-electron chi connectivity index (χ2n) is 7.49. The second-order valence-corrected chi connectivity index (χ2v) is 7.49. The number of aromatic nitrogens is 5. The Kier molecular flexibility index (Phi) is 5.50. The zero-order valence-electron chi connectivity index (χ0n) is 16.5. The smallest absolute Gasteiger partial charge is 0.157 e. The van der Waals surface area contributed by atoms with Crippen LogP contribution in [0.2, 0.25) is 0 Å². The Labute approximate surface area is 164 Å². The number of nitrogens with zero attached hydrogens (tertiary/aromatic N) is 6. The highest BCUT2D eigenvalue weighted by Gasteiger charge is 2.23. The molecule has 1 saturated heterocycles. The molecule has 28 heavy (non-hydrogen) atoms. The number of hydrogen-bond donors (Lipinski definition) is 1. The summed E-state index contributed by atoms with van der Waals surface area (Å²) in [4.78, 5) is 16.2. The van der Waals surface area contributed by atoms with Gasteiger partial charge in [0.2, 0.25) is 0 Å². The summed E-state index contributed by atoms with van der Waals surface area (Å²) < 4.78 is 6.79. The van der Waals surface area contributed by atoms with E-state index in [1.807, 2.05) is 31.5 Å². The average Bonchev–Trinajstić information content (AvgIpc) is 3.08. The van der Waals surface area contributed by atoms with Crippen molar-refractivity contribution in [2.75, 3.05) is 32.5 Å². The van der Waals surface area contributed by atoms with Crippen molar-refractivity contribution in [2.45, 2.75) is 38.6 Å². The first-order chi connectivity index (χ1) is 13.6. The lowest BCUT2D eigenvalue weighted by Gasteiger charge is -2.32. The first kappa shape index (κ1) is 18.8. The topological polar surface area (TPSA) is 94.5 Å². The lowest BCUT2D eigenvalue weighted by Crippen LogP contribution is -2.34. The normalized spacial score (nSPS) is 18.0. The van der Waals surface area contributed by atoms with Crippen molar-refractivity contribution < 1.29 is 4.74 Å². The summed E-state index contributed by atoms with van der Waals surface area (Å²) in [5.41, 5.74) is 10.1. The van der Waals surface area contributed by atoms with Crippen LogP contribution in [0.25, 0.3) is 5.65 Å². The molecular formula is C20H27N7O. The van der Waals surface area contributed by atoms with Crippen molar-refractivity contribution in [3.8, 4) is 0 Å². The predicted octanol–water partition coefficient (Wildman–Crippen LogP) is 1.98. The minimum Gasteiger partial charge on any atom is -0.384 e. The van der Waals surface area contributed by atoms with Crippen LogP contribution in [0, 0.1) is 6.92 Å². The number of likely N-dealkylation sites (tertiary alicyclic amines) is 1. The van der Waals surface area contributed by atoms with Crippen LogP contribution in [-0.4, -0.2) is 56.3 Å². The van der Waals surface area contributed by atoms with E-state index in [1.165, 1.54) is 0 Å². The zero-order valence-corrected chi connectivity index (χ0v) is 16.5. The van der Waals surface area contributed by atoms with Crippen LogP contribution in [-0.2, 0) is 17.7 Å². The zero-order chi connectivity index (χ0) is 19.5. The molecule has 0 radical (unpaired) electrons. The summed E-state index contributed by atoms with van der Waals surface area (Å²) in [5.74, 6) is 1.84. The van der Waals surface area contributed by atoms with Gasteiger partial charge >= 0.3 is 0 Å². The van der Waals surface area contributed by atoms with Gasteiger partial charge in [-0.2, -0.15) is 9.61 Å². The van der Waals surface area contributed by atoms with Crippen molar-refractivity contribution in [2.24, 2.45) is 0 Å². The average molecular weight is 381 g/mol. The first-order valence-electron chi connectivity index (χ1n) is 9.76. The molecule has 8 nitrogen and oxygen atoms in total. The molecule has 148 valence electrons. The van der Waals surface area contributed by atoms with E-state index in [4.69, 9.17) is 15.5 Å². The lowest BCUT2D eigenvalue weighted by molar-refractivity contribution is 0.197. The number of anilines is 1. The van der Waals surface area contributed by atoms with Gasteiger partial charge in [0.05, 0.1) is 18.0 Å². The molecule has 0 spiro atoms. The highest BCUT2D eigenvalue weighted by Crippen LogP contribution is 2.28. The summed E-state index contributed by atoms with van der Waals surface area (Å²) in [6.07, 6.45) is 6.87. The Bertz CT molecular complexity index is 938. The van der Waals surface area contributed by atoms with Crippen LogP contribution >= 0.6 is 0 Å². The fourth-order valence-electron chi connectivity index (χ4n) is 3.83. The number of nitrogens with two attached hydrogens (primary N) is 1. The maximum atomic E-state index is 6.21. The number of methoxy groups -OCH3 is 1. The third-order valence-corrected chi connectivity index (χ3v) is 5.22. The van der Waals surface area contributed by atoms with E-state index in [9.17, 15) is 0 Å². The van der Waals surface area contributed by atoms with E-state index >= 15 is 0 Å². The molecule has 4 rings (SSSR count). The van der Waals surface area contributed by atoms with Gasteiger partial charge in [-0.3, -0.25) is 4.90 Å². The Morgan fingerprint density at radius 3 is 2.86 bits per heavy atom. The Balaban J connectivity index is 1.44. The number of piperidine rings is 1. The highest BCUT2D eigenvalue weighted by molar-refractivity contribution is 5.48. The van der Waals surface area contributed by atoms with Crippen LogP contribution in [0.1, 0.15) is 41.5 Å². The molecule has 0 aliphatic carbocycles. The van der Waals surface area contributed by atoms with E-state index in [0.717, 1.165) is 67.3 Å². The second kappa shape index (κ2) is 8.20. The maximum Gasteiger partial charge on any atom is 0.157 e. The molecule has 3 aromatic heterocycles. The van der Waals surface area contributed by atoms with Gasteiger partial charge in [0.15, 0.2) is 5.65 Å². The van der Waals surface area contributed by atoms with E-state index < -0.39 is 0 Å². The number of nitrogen functional groups attached to an aromatic ring is 1. The van der Waals surface area contributed by atoms with Crippen LogP contribution in [0.3, 0.4) is 0 Å². The van der Waals surface area contributed by atoms with Crippen molar-refractivity contribution in [3.05, 3.63) is 47.3 Å². The van der Waals surface area contributed by atoms with Crippen LogP contribution < -0.4 is 5.73 Å². The van der Waals surface area contributed by atoms with Crippen LogP contribution in [0.5, 0.6) is 0 Å². The van der Waals surface area contributed by atoms with Crippen molar-refractivity contribution in [1.82, 2.24) is 29.5 Å².